The van der Waals surface area contributed by atoms with Crippen LogP contribution in [0.3, 0.4) is 0 Å². The van der Waals surface area contributed by atoms with Crippen LogP contribution < -0.4 is 4.74 Å². The lowest BCUT2D eigenvalue weighted by molar-refractivity contribution is 0.0526. The van der Waals surface area contributed by atoms with Crippen molar-refractivity contribution in [2.24, 2.45) is 0 Å². The molecule has 1 aromatic heterocycles. The minimum Gasteiger partial charge on any atom is -0.462 e. The fraction of sp³-hybridized carbons (Fsp3) is 0.130. The van der Waals surface area contributed by atoms with Crippen molar-refractivity contribution in [2.45, 2.75) is 13.8 Å². The fourth-order valence-electron chi connectivity index (χ4n) is 3.05. The summed E-state index contributed by atoms with van der Waals surface area (Å²) in [5.74, 6) is 0.951. The molecule has 0 aliphatic rings. The number of fused-ring (bicyclic) bond motifs is 1. The van der Waals surface area contributed by atoms with Gasteiger partial charge in [-0.05, 0) is 67.9 Å². The molecule has 4 rings (SSSR count). The molecule has 0 radical (unpaired) electrons. The van der Waals surface area contributed by atoms with E-state index in [1.807, 2.05) is 72.3 Å². The molecule has 0 fully saturated rings. The molecular weight excluding hydrogens is 352 g/mol. The van der Waals surface area contributed by atoms with Crippen LogP contribution in [0.15, 0.2) is 72.8 Å². The van der Waals surface area contributed by atoms with E-state index in [1.165, 1.54) is 0 Å². The van der Waals surface area contributed by atoms with Crippen LogP contribution in [0, 0.1) is 6.92 Å². The molecule has 140 valence electrons. The zero-order chi connectivity index (χ0) is 19.5. The number of carbonyl (C=O) groups excluding carboxylic acids is 1. The molecule has 5 nitrogen and oxygen atoms in total. The van der Waals surface area contributed by atoms with Gasteiger partial charge < -0.3 is 9.47 Å². The van der Waals surface area contributed by atoms with Gasteiger partial charge in [0.05, 0.1) is 28.8 Å². The van der Waals surface area contributed by atoms with Crippen molar-refractivity contribution in [3.8, 4) is 17.3 Å². The second-order valence-corrected chi connectivity index (χ2v) is 6.42. The molecule has 0 spiro atoms. The molecule has 5 heteroatoms. The zero-order valence-electron chi connectivity index (χ0n) is 15.8. The van der Waals surface area contributed by atoms with Crippen LogP contribution in [-0.2, 0) is 4.74 Å². The summed E-state index contributed by atoms with van der Waals surface area (Å²) in [5.41, 5.74) is 3.39. The number of aromatic nitrogens is 2. The van der Waals surface area contributed by atoms with Gasteiger partial charge >= 0.3 is 5.97 Å². The SMILES string of the molecule is CCOC(=O)c1ccc(-n2nc(Oc3cccc(C)c3)c3ccccc32)cc1. The summed E-state index contributed by atoms with van der Waals surface area (Å²) in [6.07, 6.45) is 0. The molecule has 0 saturated heterocycles. The standard InChI is InChI=1S/C23H20N2O3/c1-3-27-23(26)17-11-13-18(14-12-17)25-21-10-5-4-9-20(21)22(24-25)28-19-8-6-7-16(2)15-19/h4-15H,3H2,1-2H3. The molecule has 0 aliphatic heterocycles. The minimum absolute atomic E-state index is 0.331. The van der Waals surface area contributed by atoms with Crippen LogP contribution in [0.2, 0.25) is 0 Å². The molecule has 28 heavy (non-hydrogen) atoms. The Kier molecular flexibility index (Phi) is 4.81. The lowest BCUT2D eigenvalue weighted by Crippen LogP contribution is -2.05. The van der Waals surface area contributed by atoms with E-state index < -0.39 is 0 Å². The average molecular weight is 372 g/mol. The maximum absolute atomic E-state index is 11.9. The summed E-state index contributed by atoms with van der Waals surface area (Å²) in [4.78, 5) is 11.9. The van der Waals surface area contributed by atoms with E-state index in [0.29, 0.717) is 18.1 Å². The van der Waals surface area contributed by atoms with Crippen LogP contribution in [0.1, 0.15) is 22.8 Å². The number of para-hydroxylation sites is 1. The summed E-state index contributed by atoms with van der Waals surface area (Å²) in [6.45, 7) is 4.16. The summed E-state index contributed by atoms with van der Waals surface area (Å²) < 4.78 is 12.9. The second-order valence-electron chi connectivity index (χ2n) is 6.42. The van der Waals surface area contributed by atoms with Gasteiger partial charge in [0.25, 0.3) is 0 Å². The van der Waals surface area contributed by atoms with Crippen molar-refractivity contribution in [1.82, 2.24) is 9.78 Å². The Labute approximate surface area is 163 Å². The highest BCUT2D eigenvalue weighted by molar-refractivity contribution is 5.90. The topological polar surface area (TPSA) is 53.4 Å². The maximum Gasteiger partial charge on any atom is 0.338 e. The van der Waals surface area contributed by atoms with E-state index in [0.717, 1.165) is 27.9 Å². The lowest BCUT2D eigenvalue weighted by Gasteiger charge is -2.05. The monoisotopic (exact) mass is 372 g/mol. The number of nitrogens with zero attached hydrogens (tertiary/aromatic N) is 2. The molecule has 0 unspecified atom stereocenters. The molecule has 0 bridgehead atoms. The zero-order valence-corrected chi connectivity index (χ0v) is 15.8. The van der Waals surface area contributed by atoms with Crippen molar-refractivity contribution in [3.63, 3.8) is 0 Å². The summed E-state index contributed by atoms with van der Waals surface area (Å²) in [5, 5.41) is 5.59. The van der Waals surface area contributed by atoms with Gasteiger partial charge in [0, 0.05) is 0 Å². The van der Waals surface area contributed by atoms with E-state index in [2.05, 4.69) is 5.10 Å². The molecule has 1 heterocycles. The number of aryl methyl sites for hydroxylation is 1. The molecule has 0 amide bonds. The van der Waals surface area contributed by atoms with Crippen molar-refractivity contribution < 1.29 is 14.3 Å². The highest BCUT2D eigenvalue weighted by atomic mass is 16.5. The Morgan fingerprint density at radius 1 is 1.00 bits per heavy atom. The van der Waals surface area contributed by atoms with E-state index in [1.54, 1.807) is 19.1 Å². The molecule has 0 saturated carbocycles. The maximum atomic E-state index is 11.9. The highest BCUT2D eigenvalue weighted by Gasteiger charge is 2.14. The molecule has 0 aliphatic carbocycles. The molecule has 3 aromatic carbocycles. The van der Waals surface area contributed by atoms with Gasteiger partial charge in [-0.2, -0.15) is 0 Å². The van der Waals surface area contributed by atoms with E-state index in [9.17, 15) is 4.79 Å². The van der Waals surface area contributed by atoms with Crippen molar-refractivity contribution in [3.05, 3.63) is 83.9 Å². The van der Waals surface area contributed by atoms with E-state index in [4.69, 9.17) is 9.47 Å². The summed E-state index contributed by atoms with van der Waals surface area (Å²) in [6, 6.07) is 22.9. The first-order chi connectivity index (χ1) is 13.7. The van der Waals surface area contributed by atoms with Crippen molar-refractivity contribution >= 4 is 16.9 Å². The van der Waals surface area contributed by atoms with Crippen molar-refractivity contribution in [1.29, 1.82) is 0 Å². The summed E-state index contributed by atoms with van der Waals surface area (Å²) >= 11 is 0. The number of rotatable bonds is 5. The minimum atomic E-state index is -0.331. The lowest BCUT2D eigenvalue weighted by atomic mass is 10.2. The third-order valence-corrected chi connectivity index (χ3v) is 4.38. The predicted molar refractivity (Wildman–Crippen MR) is 108 cm³/mol. The fourth-order valence-corrected chi connectivity index (χ4v) is 3.05. The van der Waals surface area contributed by atoms with Gasteiger partial charge in [0.2, 0.25) is 5.88 Å². The Hall–Kier alpha value is -3.60. The Balaban J connectivity index is 1.73. The van der Waals surface area contributed by atoms with Gasteiger partial charge in [0.15, 0.2) is 0 Å². The number of esters is 1. The Morgan fingerprint density at radius 3 is 2.54 bits per heavy atom. The van der Waals surface area contributed by atoms with Gasteiger partial charge in [-0.25, -0.2) is 9.48 Å². The molecular formula is C23H20N2O3. The van der Waals surface area contributed by atoms with Crippen molar-refractivity contribution in [2.75, 3.05) is 6.61 Å². The second kappa shape index (κ2) is 7.56. The third-order valence-electron chi connectivity index (χ3n) is 4.38. The molecule has 0 N–H and O–H groups in total. The van der Waals surface area contributed by atoms with Crippen LogP contribution in [0.5, 0.6) is 11.6 Å². The first kappa shape index (κ1) is 17.8. The van der Waals surface area contributed by atoms with Gasteiger partial charge in [-0.15, -0.1) is 5.10 Å². The third kappa shape index (κ3) is 3.47. The Bertz CT molecular complexity index is 1130. The van der Waals surface area contributed by atoms with Gasteiger partial charge in [-0.3, -0.25) is 0 Å². The molecule has 4 aromatic rings. The van der Waals surface area contributed by atoms with Crippen LogP contribution in [0.4, 0.5) is 0 Å². The first-order valence-corrected chi connectivity index (χ1v) is 9.15. The van der Waals surface area contributed by atoms with Crippen LogP contribution in [0.25, 0.3) is 16.6 Å². The number of hydrogen-bond donors (Lipinski definition) is 0. The van der Waals surface area contributed by atoms with Crippen LogP contribution >= 0.6 is 0 Å². The normalized spacial score (nSPS) is 10.8. The first-order valence-electron chi connectivity index (χ1n) is 9.15. The highest BCUT2D eigenvalue weighted by Crippen LogP contribution is 2.31. The number of benzene rings is 3. The molecule has 0 atom stereocenters. The largest absolute Gasteiger partial charge is 0.462 e. The number of ether oxygens (including phenoxy) is 2. The van der Waals surface area contributed by atoms with Crippen LogP contribution in [-0.4, -0.2) is 22.4 Å². The quantitative estimate of drug-likeness (QED) is 0.446. The van der Waals surface area contributed by atoms with E-state index in [-0.39, 0.29) is 5.97 Å². The smallest absolute Gasteiger partial charge is 0.338 e. The number of carbonyl (C=O) groups is 1. The summed E-state index contributed by atoms with van der Waals surface area (Å²) in [7, 11) is 0. The number of hydrogen-bond acceptors (Lipinski definition) is 4. The van der Waals surface area contributed by atoms with Gasteiger partial charge in [0.1, 0.15) is 5.75 Å². The van der Waals surface area contributed by atoms with Gasteiger partial charge in [-0.1, -0.05) is 24.3 Å². The predicted octanol–water partition coefficient (Wildman–Crippen LogP) is 5.30. The van der Waals surface area contributed by atoms with E-state index >= 15 is 0 Å². The average Bonchev–Trinajstić information content (AvgIpc) is 3.07. The Morgan fingerprint density at radius 2 is 1.79 bits per heavy atom.